The predicted molar refractivity (Wildman–Crippen MR) is 86.7 cm³/mol. The standard InChI is InChI=1S/C17H15F2N3OS/c18-11-3-4-14(19)13(7-11)16(10-1-2-10)21-15(23)8-12-9-22-5-6-24-17(22)20-12/h3-7,9-10,16H,1-2,8H2,(H,21,23)/t16-/m0/s1. The maximum Gasteiger partial charge on any atom is 0.226 e. The smallest absolute Gasteiger partial charge is 0.226 e. The zero-order chi connectivity index (χ0) is 16.7. The Morgan fingerprint density at radius 2 is 2.25 bits per heavy atom. The van der Waals surface area contributed by atoms with Crippen molar-refractivity contribution in [3.63, 3.8) is 0 Å². The number of rotatable bonds is 5. The van der Waals surface area contributed by atoms with Gasteiger partial charge in [-0.2, -0.15) is 0 Å². The third-order valence-electron chi connectivity index (χ3n) is 4.19. The maximum atomic E-state index is 14.1. The lowest BCUT2D eigenvalue weighted by atomic mass is 10.0. The zero-order valence-electron chi connectivity index (χ0n) is 12.7. The first-order chi connectivity index (χ1) is 11.6. The minimum absolute atomic E-state index is 0.120. The van der Waals surface area contributed by atoms with Crippen molar-refractivity contribution in [1.82, 2.24) is 14.7 Å². The number of thiazole rings is 1. The summed E-state index contributed by atoms with van der Waals surface area (Å²) in [5.41, 5.74) is 0.880. The fourth-order valence-corrected chi connectivity index (χ4v) is 3.60. The van der Waals surface area contributed by atoms with Gasteiger partial charge in [0.05, 0.1) is 18.2 Å². The molecule has 1 fully saturated rings. The molecule has 1 aliphatic carbocycles. The van der Waals surface area contributed by atoms with E-state index in [4.69, 9.17) is 0 Å². The van der Waals surface area contributed by atoms with Gasteiger partial charge in [0.15, 0.2) is 4.96 Å². The Morgan fingerprint density at radius 1 is 1.42 bits per heavy atom. The lowest BCUT2D eigenvalue weighted by Crippen LogP contribution is -2.31. The fraction of sp³-hybridized carbons (Fsp3) is 0.294. The SMILES string of the molecule is O=C(Cc1cn2ccsc2n1)N[C@H](c1cc(F)ccc1F)C1CC1. The van der Waals surface area contributed by atoms with Gasteiger partial charge in [-0.05, 0) is 37.0 Å². The summed E-state index contributed by atoms with van der Waals surface area (Å²) >= 11 is 1.49. The number of imidazole rings is 1. The number of amides is 1. The Kier molecular flexibility index (Phi) is 3.80. The number of hydrogen-bond donors (Lipinski definition) is 1. The molecule has 2 aromatic heterocycles. The fourth-order valence-electron chi connectivity index (χ4n) is 2.88. The second-order valence-electron chi connectivity index (χ2n) is 6.05. The van der Waals surface area contributed by atoms with Crippen LogP contribution in [0.4, 0.5) is 8.78 Å². The summed E-state index contributed by atoms with van der Waals surface area (Å²) in [6.45, 7) is 0. The van der Waals surface area contributed by atoms with Gasteiger partial charge >= 0.3 is 0 Å². The first-order valence-corrected chi connectivity index (χ1v) is 8.63. The molecule has 0 unspecified atom stereocenters. The highest BCUT2D eigenvalue weighted by Gasteiger charge is 2.35. The predicted octanol–water partition coefficient (Wildman–Crippen LogP) is 3.48. The molecule has 3 aromatic rings. The van der Waals surface area contributed by atoms with Crippen LogP contribution in [0.5, 0.6) is 0 Å². The summed E-state index contributed by atoms with van der Waals surface area (Å²) in [5.74, 6) is -1.06. The van der Waals surface area contributed by atoms with Crippen LogP contribution in [0.25, 0.3) is 4.96 Å². The van der Waals surface area contributed by atoms with Gasteiger partial charge < -0.3 is 5.32 Å². The first kappa shape index (κ1) is 15.3. The molecule has 7 heteroatoms. The Labute approximate surface area is 141 Å². The normalized spacial score (nSPS) is 15.6. The van der Waals surface area contributed by atoms with Gasteiger partial charge in [0.25, 0.3) is 0 Å². The van der Waals surface area contributed by atoms with Crippen LogP contribution in [0.3, 0.4) is 0 Å². The van der Waals surface area contributed by atoms with Crippen molar-refractivity contribution in [3.8, 4) is 0 Å². The molecule has 0 bridgehead atoms. The number of halogens is 2. The van der Waals surface area contributed by atoms with Gasteiger partial charge in [-0.1, -0.05) is 0 Å². The Hall–Kier alpha value is -2.28. The lowest BCUT2D eigenvalue weighted by Gasteiger charge is -2.19. The molecule has 24 heavy (non-hydrogen) atoms. The molecule has 1 N–H and O–H groups in total. The monoisotopic (exact) mass is 347 g/mol. The Morgan fingerprint density at radius 3 is 3.00 bits per heavy atom. The molecule has 0 saturated heterocycles. The highest BCUT2D eigenvalue weighted by Crippen LogP contribution is 2.41. The number of nitrogens with zero attached hydrogens (tertiary/aromatic N) is 2. The molecule has 0 aliphatic heterocycles. The number of carbonyl (C=O) groups excluding carboxylic acids is 1. The van der Waals surface area contributed by atoms with Crippen molar-refractivity contribution in [2.45, 2.75) is 25.3 Å². The highest BCUT2D eigenvalue weighted by atomic mass is 32.1. The van der Waals surface area contributed by atoms with Crippen molar-refractivity contribution in [3.05, 3.63) is 58.9 Å². The molecule has 1 atom stereocenters. The molecule has 1 saturated carbocycles. The topological polar surface area (TPSA) is 46.4 Å². The number of benzene rings is 1. The molecule has 1 aliphatic rings. The van der Waals surface area contributed by atoms with Gasteiger partial charge in [0.1, 0.15) is 11.6 Å². The Balaban J connectivity index is 1.51. The van der Waals surface area contributed by atoms with Crippen LogP contribution in [-0.4, -0.2) is 15.3 Å². The van der Waals surface area contributed by atoms with E-state index in [0.717, 1.165) is 29.9 Å². The molecule has 1 amide bonds. The van der Waals surface area contributed by atoms with E-state index in [2.05, 4.69) is 10.3 Å². The van der Waals surface area contributed by atoms with Crippen molar-refractivity contribution in [2.24, 2.45) is 5.92 Å². The summed E-state index contributed by atoms with van der Waals surface area (Å²) in [6.07, 6.45) is 5.61. The summed E-state index contributed by atoms with van der Waals surface area (Å²) < 4.78 is 29.4. The second-order valence-corrected chi connectivity index (χ2v) is 6.92. The third kappa shape index (κ3) is 3.03. The summed E-state index contributed by atoms with van der Waals surface area (Å²) in [7, 11) is 0. The summed E-state index contributed by atoms with van der Waals surface area (Å²) in [6, 6.07) is 2.88. The van der Waals surface area contributed by atoms with Crippen LogP contribution in [0.1, 0.15) is 30.1 Å². The van der Waals surface area contributed by atoms with Gasteiger partial charge in [-0.25, -0.2) is 13.8 Å². The molecular formula is C17H15F2N3OS. The van der Waals surface area contributed by atoms with Gasteiger partial charge in [-0.15, -0.1) is 11.3 Å². The van der Waals surface area contributed by atoms with E-state index in [9.17, 15) is 13.6 Å². The van der Waals surface area contributed by atoms with E-state index in [1.165, 1.54) is 17.4 Å². The molecule has 4 nitrogen and oxygen atoms in total. The summed E-state index contributed by atoms with van der Waals surface area (Å²) in [4.78, 5) is 17.5. The number of nitrogens with one attached hydrogen (secondary N) is 1. The number of hydrogen-bond acceptors (Lipinski definition) is 3. The van der Waals surface area contributed by atoms with Crippen LogP contribution >= 0.6 is 11.3 Å². The molecule has 2 heterocycles. The van der Waals surface area contributed by atoms with Gasteiger partial charge in [0.2, 0.25) is 5.91 Å². The minimum atomic E-state index is -0.499. The minimum Gasteiger partial charge on any atom is -0.349 e. The molecule has 4 rings (SSSR count). The second kappa shape index (κ2) is 5.98. The van der Waals surface area contributed by atoms with E-state index < -0.39 is 17.7 Å². The molecule has 124 valence electrons. The molecule has 0 spiro atoms. The van der Waals surface area contributed by atoms with E-state index in [1.807, 2.05) is 16.0 Å². The quantitative estimate of drug-likeness (QED) is 0.768. The van der Waals surface area contributed by atoms with E-state index in [1.54, 1.807) is 6.20 Å². The van der Waals surface area contributed by atoms with Crippen molar-refractivity contribution in [1.29, 1.82) is 0 Å². The average Bonchev–Trinajstić information content (AvgIpc) is 3.18. The van der Waals surface area contributed by atoms with Crippen molar-refractivity contribution >= 4 is 22.2 Å². The number of aromatic nitrogens is 2. The number of fused-ring (bicyclic) bond motifs is 1. The van der Waals surface area contributed by atoms with Crippen LogP contribution in [0.2, 0.25) is 0 Å². The van der Waals surface area contributed by atoms with Gasteiger partial charge in [-0.3, -0.25) is 9.20 Å². The van der Waals surface area contributed by atoms with Crippen LogP contribution in [-0.2, 0) is 11.2 Å². The zero-order valence-corrected chi connectivity index (χ0v) is 13.5. The largest absolute Gasteiger partial charge is 0.349 e. The van der Waals surface area contributed by atoms with E-state index >= 15 is 0 Å². The Bertz CT molecular complexity index is 872. The summed E-state index contributed by atoms with van der Waals surface area (Å²) in [5, 5.41) is 4.78. The van der Waals surface area contributed by atoms with Gasteiger partial charge in [0, 0.05) is 23.3 Å². The van der Waals surface area contributed by atoms with E-state index in [-0.39, 0.29) is 23.8 Å². The van der Waals surface area contributed by atoms with Crippen molar-refractivity contribution in [2.75, 3.05) is 0 Å². The van der Waals surface area contributed by atoms with Crippen LogP contribution in [0, 0.1) is 17.6 Å². The lowest BCUT2D eigenvalue weighted by molar-refractivity contribution is -0.121. The van der Waals surface area contributed by atoms with Crippen LogP contribution in [0.15, 0.2) is 36.0 Å². The van der Waals surface area contributed by atoms with Crippen LogP contribution < -0.4 is 5.32 Å². The number of carbonyl (C=O) groups is 1. The maximum absolute atomic E-state index is 14.1. The average molecular weight is 347 g/mol. The first-order valence-electron chi connectivity index (χ1n) is 7.75. The third-order valence-corrected chi connectivity index (χ3v) is 4.96. The van der Waals surface area contributed by atoms with E-state index in [0.29, 0.717) is 5.69 Å². The molecule has 1 aromatic carbocycles. The highest BCUT2D eigenvalue weighted by molar-refractivity contribution is 7.15. The molecule has 0 radical (unpaired) electrons. The van der Waals surface area contributed by atoms with Crippen molar-refractivity contribution < 1.29 is 13.6 Å². The molecular weight excluding hydrogens is 332 g/mol.